The Balaban J connectivity index is 1.11. The summed E-state index contributed by atoms with van der Waals surface area (Å²) in [5.74, 6) is -0.284. The minimum absolute atomic E-state index is 0.00767. The number of hydrogen-bond acceptors (Lipinski definition) is 8. The Morgan fingerprint density at radius 2 is 1.71 bits per heavy atom. The van der Waals surface area contributed by atoms with Crippen molar-refractivity contribution in [2.24, 2.45) is 5.92 Å². The van der Waals surface area contributed by atoms with Crippen molar-refractivity contribution in [2.75, 3.05) is 38.5 Å². The molecule has 0 spiro atoms. The maximum absolute atomic E-state index is 14.1. The van der Waals surface area contributed by atoms with Crippen LogP contribution < -0.4 is 20.8 Å². The molecule has 2 saturated heterocycles. The number of halogens is 1. The molecule has 2 fully saturated rings. The van der Waals surface area contributed by atoms with E-state index < -0.39 is 17.0 Å². The first-order chi connectivity index (χ1) is 23.6. The third-order valence-corrected chi connectivity index (χ3v) is 9.37. The maximum Gasteiger partial charge on any atom is 0.280 e. The Hall–Kier alpha value is -5.23. The Labute approximate surface area is 283 Å². The van der Waals surface area contributed by atoms with Crippen LogP contribution in [-0.2, 0) is 11.3 Å². The number of nitrogens with zero attached hydrogens (tertiary/aromatic N) is 4. The van der Waals surface area contributed by atoms with Crippen molar-refractivity contribution in [3.8, 4) is 17.4 Å². The van der Waals surface area contributed by atoms with Gasteiger partial charge in [-0.05, 0) is 74.2 Å². The monoisotopic (exact) mass is 669 g/mol. The molecule has 0 bridgehead atoms. The van der Waals surface area contributed by atoms with Gasteiger partial charge in [0.1, 0.15) is 23.6 Å². The van der Waals surface area contributed by atoms with Crippen LogP contribution in [0.4, 0.5) is 10.1 Å². The number of ether oxygens (including phenoxy) is 2. The van der Waals surface area contributed by atoms with Crippen molar-refractivity contribution in [1.29, 1.82) is 0 Å². The first-order valence-corrected chi connectivity index (χ1v) is 16.5. The van der Waals surface area contributed by atoms with E-state index in [0.717, 1.165) is 5.56 Å². The molecule has 11 nitrogen and oxygen atoms in total. The summed E-state index contributed by atoms with van der Waals surface area (Å²) in [6.07, 6.45) is 2.27. The molecule has 12 heteroatoms. The van der Waals surface area contributed by atoms with Crippen LogP contribution in [0.15, 0.2) is 90.0 Å². The molecule has 2 aliphatic heterocycles. The predicted octanol–water partition coefficient (Wildman–Crippen LogP) is 4.46. The Bertz CT molecular complexity index is 1840. The number of amides is 2. The molecule has 49 heavy (non-hydrogen) atoms. The summed E-state index contributed by atoms with van der Waals surface area (Å²) in [5, 5.41) is 11.5. The first kappa shape index (κ1) is 33.7. The molecular weight excluding hydrogens is 629 g/mol. The summed E-state index contributed by atoms with van der Waals surface area (Å²) >= 11 is 0. The number of hydrogen-bond donors (Lipinski definition) is 2. The van der Waals surface area contributed by atoms with Crippen molar-refractivity contribution < 1.29 is 28.6 Å². The normalized spacial score (nSPS) is 18.9. The number of nitrogens with two attached hydrogens (primary N) is 1. The van der Waals surface area contributed by atoms with Gasteiger partial charge >= 0.3 is 0 Å². The van der Waals surface area contributed by atoms with Gasteiger partial charge in [0.15, 0.2) is 5.69 Å². The zero-order chi connectivity index (χ0) is 34.5. The summed E-state index contributed by atoms with van der Waals surface area (Å²) in [7, 11) is 0. The van der Waals surface area contributed by atoms with Gasteiger partial charge in [-0.2, -0.15) is 0 Å². The molecule has 256 valence electrons. The van der Waals surface area contributed by atoms with Gasteiger partial charge in [-0.15, -0.1) is 0 Å². The molecule has 2 amide bonds. The number of piperidine rings is 2. The topological polar surface area (TPSA) is 140 Å². The molecule has 6 rings (SSSR count). The highest BCUT2D eigenvalue weighted by Gasteiger charge is 2.41. The molecule has 2 atom stereocenters. The number of nitrogen functional groups attached to an aromatic ring is 1. The van der Waals surface area contributed by atoms with Gasteiger partial charge in [-0.1, -0.05) is 36.4 Å². The van der Waals surface area contributed by atoms with Crippen LogP contribution in [0.5, 0.6) is 17.4 Å². The number of carbonyl (C=O) groups excluding carboxylic acids is 2. The van der Waals surface area contributed by atoms with Gasteiger partial charge in [0.05, 0.1) is 18.8 Å². The number of rotatable bonds is 9. The molecule has 1 aromatic heterocycles. The SMILES string of the molecule is CCOc1cccc(C(=O)N2CC[C@@H](C(=O)N3CCC(O)(Cn4cnc(Oc5ccc(F)cc5)c(N)c4=O)CC3)[C@H](c3ccccc3)C2)c1. The standard InChI is InChI=1S/C37H40FN5O6/c1-2-48-29-10-6-9-26(21-29)34(44)42-18-15-30(31(22-42)25-7-4-3-5-8-25)35(45)41-19-16-37(47,17-20-41)23-43-24-40-33(32(39)36(43)46)49-28-13-11-27(38)12-14-28/h3-14,21,24,30-31,47H,2,15-20,22-23,39H2,1H3/t30-,31+/m1/s1. The van der Waals surface area contributed by atoms with Gasteiger partial charge in [0.25, 0.3) is 11.5 Å². The number of benzene rings is 3. The van der Waals surface area contributed by atoms with E-state index in [4.69, 9.17) is 15.2 Å². The molecule has 2 aliphatic rings. The average molecular weight is 670 g/mol. The number of aliphatic hydroxyl groups is 1. The van der Waals surface area contributed by atoms with Crippen LogP contribution in [0.25, 0.3) is 0 Å². The van der Waals surface area contributed by atoms with Gasteiger partial charge in [-0.3, -0.25) is 19.0 Å². The van der Waals surface area contributed by atoms with Crippen molar-refractivity contribution in [3.05, 3.63) is 112 Å². The van der Waals surface area contributed by atoms with E-state index in [9.17, 15) is 23.9 Å². The van der Waals surface area contributed by atoms with E-state index >= 15 is 0 Å². The molecule has 0 saturated carbocycles. The van der Waals surface area contributed by atoms with E-state index in [2.05, 4.69) is 4.98 Å². The molecule has 3 heterocycles. The van der Waals surface area contributed by atoms with Crippen LogP contribution in [0.1, 0.15) is 48.0 Å². The molecule has 4 aromatic rings. The highest BCUT2D eigenvalue weighted by Crippen LogP contribution is 2.36. The minimum Gasteiger partial charge on any atom is -0.494 e. The zero-order valence-corrected chi connectivity index (χ0v) is 27.3. The van der Waals surface area contributed by atoms with Crippen LogP contribution >= 0.6 is 0 Å². The third-order valence-electron chi connectivity index (χ3n) is 9.37. The smallest absolute Gasteiger partial charge is 0.280 e. The fraction of sp³-hybridized carbons (Fsp3) is 0.351. The van der Waals surface area contributed by atoms with Crippen LogP contribution in [0.2, 0.25) is 0 Å². The van der Waals surface area contributed by atoms with E-state index in [-0.39, 0.29) is 60.4 Å². The van der Waals surface area contributed by atoms with Crippen molar-refractivity contribution in [2.45, 2.75) is 44.2 Å². The van der Waals surface area contributed by atoms with Crippen molar-refractivity contribution in [1.82, 2.24) is 19.4 Å². The van der Waals surface area contributed by atoms with Crippen LogP contribution in [0, 0.1) is 11.7 Å². The Morgan fingerprint density at radius 1 is 0.980 bits per heavy atom. The number of anilines is 1. The molecule has 0 aliphatic carbocycles. The lowest BCUT2D eigenvalue weighted by atomic mass is 9.79. The largest absolute Gasteiger partial charge is 0.494 e. The Morgan fingerprint density at radius 3 is 2.43 bits per heavy atom. The highest BCUT2D eigenvalue weighted by atomic mass is 19.1. The van der Waals surface area contributed by atoms with Crippen molar-refractivity contribution >= 4 is 17.5 Å². The molecule has 3 aromatic carbocycles. The lowest BCUT2D eigenvalue weighted by molar-refractivity contribution is -0.142. The van der Waals surface area contributed by atoms with E-state index in [1.165, 1.54) is 35.2 Å². The van der Waals surface area contributed by atoms with Gasteiger partial charge in [0, 0.05) is 43.6 Å². The summed E-state index contributed by atoms with van der Waals surface area (Å²) in [4.78, 5) is 48.5. The second-order valence-corrected chi connectivity index (χ2v) is 12.6. The highest BCUT2D eigenvalue weighted by molar-refractivity contribution is 5.95. The van der Waals surface area contributed by atoms with Gasteiger partial charge in [-0.25, -0.2) is 9.37 Å². The Kier molecular flexibility index (Phi) is 9.95. The van der Waals surface area contributed by atoms with E-state index in [0.29, 0.717) is 50.5 Å². The van der Waals surface area contributed by atoms with Crippen LogP contribution in [-0.4, -0.2) is 74.7 Å². The number of likely N-dealkylation sites (tertiary alicyclic amines) is 2. The summed E-state index contributed by atoms with van der Waals surface area (Å²) < 4.78 is 25.6. The molecule has 0 unspecified atom stereocenters. The van der Waals surface area contributed by atoms with Gasteiger partial charge < -0.3 is 30.1 Å². The minimum atomic E-state index is -1.27. The maximum atomic E-state index is 14.1. The second-order valence-electron chi connectivity index (χ2n) is 12.6. The summed E-state index contributed by atoms with van der Waals surface area (Å²) in [5.41, 5.74) is 5.50. The lowest BCUT2D eigenvalue weighted by Crippen LogP contribution is -2.53. The van der Waals surface area contributed by atoms with Crippen molar-refractivity contribution in [3.63, 3.8) is 0 Å². The van der Waals surface area contributed by atoms with E-state index in [1.807, 2.05) is 54.3 Å². The third kappa shape index (κ3) is 7.59. The molecule has 0 radical (unpaired) electrons. The zero-order valence-electron chi connectivity index (χ0n) is 27.3. The van der Waals surface area contributed by atoms with E-state index in [1.54, 1.807) is 17.0 Å². The summed E-state index contributed by atoms with van der Waals surface area (Å²) in [6.45, 7) is 3.79. The van der Waals surface area contributed by atoms with Crippen LogP contribution in [0.3, 0.4) is 0 Å². The second kappa shape index (κ2) is 14.5. The quantitative estimate of drug-likeness (QED) is 0.267. The molecule has 3 N–H and O–H groups in total. The fourth-order valence-corrected chi connectivity index (χ4v) is 6.69. The predicted molar refractivity (Wildman–Crippen MR) is 181 cm³/mol. The summed E-state index contributed by atoms with van der Waals surface area (Å²) in [6, 6.07) is 22.2. The number of aromatic nitrogens is 2. The lowest BCUT2D eigenvalue weighted by Gasteiger charge is -2.43. The number of carbonyl (C=O) groups is 2. The first-order valence-electron chi connectivity index (χ1n) is 16.5. The average Bonchev–Trinajstić information content (AvgIpc) is 3.12. The molecular formula is C37H40FN5O6. The fourth-order valence-electron chi connectivity index (χ4n) is 6.69. The van der Waals surface area contributed by atoms with Gasteiger partial charge in [0.2, 0.25) is 11.8 Å².